The first-order chi connectivity index (χ1) is 26.5. The first-order valence-corrected chi connectivity index (χ1v) is 17.9. The quantitative estimate of drug-likeness (QED) is 0.121. The second-order valence-electron chi connectivity index (χ2n) is 14.0. The van der Waals surface area contributed by atoms with E-state index in [9.17, 15) is 47.7 Å². The van der Waals surface area contributed by atoms with E-state index >= 15 is 4.79 Å². The summed E-state index contributed by atoms with van der Waals surface area (Å²) in [6.45, 7) is 0. The highest BCUT2D eigenvalue weighted by molar-refractivity contribution is 6.33. The summed E-state index contributed by atoms with van der Waals surface area (Å²) in [6, 6.07) is 16.2. The molecule has 1 aromatic heterocycles. The molecule has 3 aromatic carbocycles. The smallest absolute Gasteiger partial charge is 0.417 e. The number of pyridine rings is 1. The van der Waals surface area contributed by atoms with Gasteiger partial charge in [0.1, 0.15) is 17.1 Å². The number of aromatic nitrogens is 1. The van der Waals surface area contributed by atoms with E-state index in [-0.39, 0.29) is 24.3 Å². The lowest BCUT2D eigenvalue weighted by Crippen LogP contribution is -2.53. The lowest BCUT2D eigenvalue weighted by atomic mass is 9.49. The molecular formula is C39H27Cl2F3N4O8. The molecule has 3 fully saturated rings. The van der Waals surface area contributed by atoms with Gasteiger partial charge >= 0.3 is 12.1 Å². The van der Waals surface area contributed by atoms with Crippen LogP contribution in [0.15, 0.2) is 90.6 Å². The van der Waals surface area contributed by atoms with Crippen molar-refractivity contribution < 1.29 is 52.5 Å². The van der Waals surface area contributed by atoms with Gasteiger partial charge in [0.15, 0.2) is 5.82 Å². The number of phenolic OH excluding ortho intramolecular Hbond substituents is 1. The predicted octanol–water partition coefficient (Wildman–Crippen LogP) is 6.71. The summed E-state index contributed by atoms with van der Waals surface area (Å²) in [6.07, 6.45) is -2.65. The van der Waals surface area contributed by atoms with Crippen molar-refractivity contribution >= 4 is 64.3 Å². The van der Waals surface area contributed by atoms with E-state index in [2.05, 4.69) is 10.4 Å². The fraction of sp³-hybridized carbons (Fsp3) is 0.231. The van der Waals surface area contributed by atoms with Crippen LogP contribution in [0.2, 0.25) is 10.0 Å². The van der Waals surface area contributed by atoms with Crippen molar-refractivity contribution in [3.63, 3.8) is 0 Å². The van der Waals surface area contributed by atoms with E-state index in [1.54, 1.807) is 30.3 Å². The zero-order valence-corrected chi connectivity index (χ0v) is 30.0. The largest absolute Gasteiger partial charge is 0.508 e. The molecule has 0 bridgehead atoms. The van der Waals surface area contributed by atoms with E-state index in [1.165, 1.54) is 30.3 Å². The number of carbonyl (C=O) groups excluding carboxylic acids is 4. The van der Waals surface area contributed by atoms with Gasteiger partial charge in [-0.15, -0.1) is 0 Å². The number of hydrogen-bond acceptors (Lipinski definition) is 9. The third-order valence-corrected chi connectivity index (χ3v) is 11.8. The van der Waals surface area contributed by atoms with Crippen LogP contribution in [-0.2, 0) is 30.8 Å². The molecule has 0 radical (unpaired) electrons. The molecule has 0 unspecified atom stereocenters. The highest BCUT2D eigenvalue weighted by Crippen LogP contribution is 2.64. The number of imide groups is 2. The Morgan fingerprint density at radius 2 is 1.64 bits per heavy atom. The minimum Gasteiger partial charge on any atom is -0.508 e. The fourth-order valence-electron chi connectivity index (χ4n) is 8.96. The van der Waals surface area contributed by atoms with Crippen molar-refractivity contribution in [3.8, 4) is 11.5 Å². The molecule has 0 spiro atoms. The van der Waals surface area contributed by atoms with E-state index in [1.807, 2.05) is 0 Å². The van der Waals surface area contributed by atoms with E-state index < -0.39 is 98.5 Å². The van der Waals surface area contributed by atoms with Gasteiger partial charge in [0.2, 0.25) is 11.8 Å². The molecule has 2 saturated heterocycles. The average molecular weight is 808 g/mol. The molecule has 2 aliphatic carbocycles. The maximum atomic E-state index is 15.2. The Morgan fingerprint density at radius 3 is 2.29 bits per heavy atom. The van der Waals surface area contributed by atoms with Gasteiger partial charge in [-0.1, -0.05) is 59.1 Å². The van der Waals surface area contributed by atoms with Crippen LogP contribution < -0.4 is 10.3 Å². The molecule has 4 aromatic rings. The molecule has 6 atom stereocenters. The Bertz CT molecular complexity index is 2430. The van der Waals surface area contributed by atoms with Crippen molar-refractivity contribution in [2.24, 2.45) is 23.7 Å². The highest BCUT2D eigenvalue weighted by atomic mass is 35.5. The first-order valence-electron chi connectivity index (χ1n) is 17.1. The summed E-state index contributed by atoms with van der Waals surface area (Å²) < 4.78 is 40.4. The Hall–Kier alpha value is -5.93. The molecule has 12 nitrogen and oxygen atoms in total. The Labute approximate surface area is 324 Å². The van der Waals surface area contributed by atoms with Crippen LogP contribution >= 0.6 is 23.2 Å². The number of aromatic carboxylic acids is 1. The summed E-state index contributed by atoms with van der Waals surface area (Å²) in [7, 11) is 0. The number of hydrazine groups is 1. The highest BCUT2D eigenvalue weighted by Gasteiger charge is 2.70. The van der Waals surface area contributed by atoms with E-state index in [0.717, 1.165) is 17.0 Å². The molecule has 3 heterocycles. The number of benzene rings is 3. The number of fused-ring (bicyclic) bond motifs is 4. The number of alkyl halides is 3. The number of nitrogens with zero attached hydrogens (tertiary/aromatic N) is 3. The second-order valence-corrected chi connectivity index (χ2v) is 14.9. The van der Waals surface area contributed by atoms with Crippen LogP contribution in [0, 0.1) is 23.7 Å². The maximum Gasteiger partial charge on any atom is 0.417 e. The van der Waals surface area contributed by atoms with E-state index in [4.69, 9.17) is 23.2 Å². The van der Waals surface area contributed by atoms with Crippen LogP contribution in [0.4, 0.5) is 24.7 Å². The number of anilines is 2. The van der Waals surface area contributed by atoms with Gasteiger partial charge in [-0.3, -0.25) is 24.6 Å². The van der Waals surface area contributed by atoms with Gasteiger partial charge in [0, 0.05) is 23.2 Å². The molecule has 1 saturated carbocycles. The van der Waals surface area contributed by atoms with E-state index in [0.29, 0.717) is 39.0 Å². The zero-order valence-electron chi connectivity index (χ0n) is 28.5. The molecule has 4 N–H and O–H groups in total. The summed E-state index contributed by atoms with van der Waals surface area (Å²) >= 11 is 12.5. The number of allylic oxidation sites excluding steroid dienone is 2. The Balaban J connectivity index is 1.28. The summed E-state index contributed by atoms with van der Waals surface area (Å²) in [4.78, 5) is 74.6. The lowest BCUT2D eigenvalue weighted by molar-refractivity contribution is -0.139. The van der Waals surface area contributed by atoms with Gasteiger partial charge in [-0.25, -0.2) is 14.7 Å². The molecule has 17 heteroatoms. The lowest BCUT2D eigenvalue weighted by Gasteiger charge is -2.50. The Morgan fingerprint density at radius 1 is 0.911 bits per heavy atom. The zero-order chi connectivity index (χ0) is 40.0. The third-order valence-electron chi connectivity index (χ3n) is 11.2. The van der Waals surface area contributed by atoms with Crippen molar-refractivity contribution in [1.82, 2.24) is 9.99 Å². The van der Waals surface area contributed by atoms with Crippen molar-refractivity contribution in [2.45, 2.75) is 30.4 Å². The summed E-state index contributed by atoms with van der Waals surface area (Å²) in [5, 5.41) is 31.0. The van der Waals surface area contributed by atoms with Crippen molar-refractivity contribution in [1.29, 1.82) is 0 Å². The number of phenols is 2. The molecule has 2 aliphatic heterocycles. The number of carboxylic acids is 1. The predicted molar refractivity (Wildman–Crippen MR) is 193 cm³/mol. The topological polar surface area (TPSA) is 177 Å². The summed E-state index contributed by atoms with van der Waals surface area (Å²) in [5.41, 5.74) is 0.342. The van der Waals surface area contributed by atoms with Crippen LogP contribution in [0.3, 0.4) is 0 Å². The van der Waals surface area contributed by atoms with Crippen LogP contribution in [0.25, 0.3) is 0 Å². The van der Waals surface area contributed by atoms with Crippen LogP contribution in [0.5, 0.6) is 11.5 Å². The third kappa shape index (κ3) is 5.51. The molecule has 4 aliphatic rings. The van der Waals surface area contributed by atoms with Crippen molar-refractivity contribution in [3.05, 3.63) is 123 Å². The fourth-order valence-corrected chi connectivity index (χ4v) is 9.29. The first kappa shape index (κ1) is 37.0. The SMILES string of the molecule is O=C(O)c1ccc(N2C(=O)[C@H]3[C@H](CC=C4[C@H]3C[C@H]3C(=O)N(Nc5ncc(C(F)(F)F)cc5Cl)C(=O)[C@@]3(c3ccc(Cl)cc3)[C@H]4c3cccc(O)c3)C2=O)cc1O. The summed E-state index contributed by atoms with van der Waals surface area (Å²) in [5.74, 6) is -10.8. The normalized spacial score (nSPS) is 25.8. The molecule has 286 valence electrons. The van der Waals surface area contributed by atoms with Gasteiger partial charge in [0.25, 0.3) is 11.8 Å². The number of halogens is 5. The molecular weight excluding hydrogens is 780 g/mol. The maximum absolute atomic E-state index is 15.2. The van der Waals surface area contributed by atoms with Crippen LogP contribution in [0.1, 0.15) is 45.8 Å². The van der Waals surface area contributed by atoms with Gasteiger partial charge in [-0.05, 0) is 72.4 Å². The number of carboxylic acid groups (broad SMARTS) is 1. The minimum absolute atomic E-state index is 0.0304. The molecule has 8 rings (SSSR count). The number of aromatic hydroxyl groups is 2. The Kier molecular flexibility index (Phi) is 8.65. The monoisotopic (exact) mass is 806 g/mol. The number of carbonyl (C=O) groups is 5. The van der Waals surface area contributed by atoms with Gasteiger partial charge in [0.05, 0.1) is 39.4 Å². The molecule has 4 amide bonds. The molecule has 56 heavy (non-hydrogen) atoms. The number of nitrogens with one attached hydrogen (secondary N) is 1. The average Bonchev–Trinajstić information content (AvgIpc) is 3.52. The van der Waals surface area contributed by atoms with Gasteiger partial charge < -0.3 is 15.3 Å². The second kappa shape index (κ2) is 13.1. The van der Waals surface area contributed by atoms with Crippen LogP contribution in [-0.4, -0.2) is 54.9 Å². The number of amides is 4. The number of rotatable bonds is 6. The van der Waals surface area contributed by atoms with Gasteiger partial charge in [-0.2, -0.15) is 18.2 Å². The minimum atomic E-state index is -4.78. The standard InChI is InChI=1S/C39H27Cl2F3N4O8/c40-20-6-4-18(5-7-20)38-27(34(52)48(37(38)56)46-32-28(41)13-19(16-45-32)39(42,43)44)15-26-23(31(38)17-2-1-3-22(49)12-17)10-11-25-30(26)35(53)47(33(25)51)21-8-9-24(36(54)55)29(50)14-21/h1-10,12-14,16,25-27,30-31,49-50H,11,15H2,(H,45,46)(H,54,55)/t25-,26+,27-,30-,31-,38+/m0/s1. The number of hydrogen-bond donors (Lipinski definition) is 4. The van der Waals surface area contributed by atoms with Crippen molar-refractivity contribution in [2.75, 3.05) is 10.3 Å².